The van der Waals surface area contributed by atoms with Crippen molar-refractivity contribution in [3.05, 3.63) is 35.9 Å². The number of rotatable bonds is 1. The maximum atomic E-state index is 11.3. The van der Waals surface area contributed by atoms with E-state index < -0.39 is 5.60 Å². The van der Waals surface area contributed by atoms with Crippen LogP contribution in [0.25, 0.3) is 0 Å². The van der Waals surface area contributed by atoms with Gasteiger partial charge in [-0.15, -0.1) is 0 Å². The molecule has 78 valence electrons. The summed E-state index contributed by atoms with van der Waals surface area (Å²) >= 11 is 0. The Morgan fingerprint density at radius 2 is 2.13 bits per heavy atom. The van der Waals surface area contributed by atoms with Crippen molar-refractivity contribution >= 4 is 6.03 Å². The van der Waals surface area contributed by atoms with Gasteiger partial charge in [0.2, 0.25) is 0 Å². The van der Waals surface area contributed by atoms with Gasteiger partial charge in [0, 0.05) is 6.54 Å². The summed E-state index contributed by atoms with van der Waals surface area (Å²) in [6.45, 7) is 0.928. The van der Waals surface area contributed by atoms with E-state index in [9.17, 15) is 9.90 Å². The highest BCUT2D eigenvalue weighted by Gasteiger charge is 2.57. The second-order valence-corrected chi connectivity index (χ2v) is 4.12. The number of aliphatic hydroxyl groups is 1. The van der Waals surface area contributed by atoms with Crippen molar-refractivity contribution in [1.82, 2.24) is 10.2 Å². The van der Waals surface area contributed by atoms with E-state index in [0.717, 1.165) is 5.56 Å². The van der Waals surface area contributed by atoms with E-state index in [2.05, 4.69) is 5.32 Å². The largest absolute Gasteiger partial charge is 0.381 e. The van der Waals surface area contributed by atoms with Crippen LogP contribution in [0.2, 0.25) is 0 Å². The van der Waals surface area contributed by atoms with Crippen LogP contribution in [0.5, 0.6) is 0 Å². The van der Waals surface area contributed by atoms with Crippen LogP contribution >= 0.6 is 0 Å². The normalized spacial score (nSPS) is 33.3. The third-order valence-corrected chi connectivity index (χ3v) is 3.32. The number of benzene rings is 1. The predicted octanol–water partition coefficient (Wildman–Crippen LogP) is 0.282. The van der Waals surface area contributed by atoms with Gasteiger partial charge < -0.3 is 15.3 Å². The summed E-state index contributed by atoms with van der Waals surface area (Å²) < 4.78 is 0. The van der Waals surface area contributed by atoms with E-state index in [1.165, 1.54) is 0 Å². The first-order valence-corrected chi connectivity index (χ1v) is 5.04. The fraction of sp³-hybridized carbons (Fsp3) is 0.364. The second kappa shape index (κ2) is 2.73. The van der Waals surface area contributed by atoms with Crippen LogP contribution in [-0.2, 0) is 5.60 Å². The van der Waals surface area contributed by atoms with Crippen LogP contribution in [-0.4, -0.2) is 35.2 Å². The minimum Gasteiger partial charge on any atom is -0.381 e. The summed E-state index contributed by atoms with van der Waals surface area (Å²) in [5.41, 5.74) is 0.0307. The molecule has 0 aliphatic carbocycles. The standard InChI is InChI=1S/C11H12N2O2/c14-10-12-6-9-11(15,7-13(9)10)8-4-2-1-3-5-8/h1-5,9,15H,6-7H2,(H,12,14)/t9-,11-/m0/s1. The number of carbonyl (C=O) groups is 1. The van der Waals surface area contributed by atoms with E-state index in [0.29, 0.717) is 13.1 Å². The van der Waals surface area contributed by atoms with Crippen molar-refractivity contribution < 1.29 is 9.90 Å². The Balaban J connectivity index is 1.92. The minimum atomic E-state index is -0.861. The minimum absolute atomic E-state index is 0.0689. The molecule has 2 heterocycles. The molecule has 15 heavy (non-hydrogen) atoms. The van der Waals surface area contributed by atoms with E-state index in [-0.39, 0.29) is 12.1 Å². The van der Waals surface area contributed by atoms with Crippen molar-refractivity contribution in [2.75, 3.05) is 13.1 Å². The van der Waals surface area contributed by atoms with Crippen LogP contribution in [0.4, 0.5) is 4.79 Å². The van der Waals surface area contributed by atoms with Crippen LogP contribution in [0.3, 0.4) is 0 Å². The van der Waals surface area contributed by atoms with E-state index >= 15 is 0 Å². The van der Waals surface area contributed by atoms with Gasteiger partial charge in [0.05, 0.1) is 12.6 Å². The van der Waals surface area contributed by atoms with Gasteiger partial charge in [-0.3, -0.25) is 0 Å². The quantitative estimate of drug-likeness (QED) is 0.690. The van der Waals surface area contributed by atoms with E-state index in [1.54, 1.807) is 4.90 Å². The van der Waals surface area contributed by atoms with Crippen LogP contribution in [0, 0.1) is 0 Å². The van der Waals surface area contributed by atoms with Crippen LogP contribution in [0.1, 0.15) is 5.56 Å². The topological polar surface area (TPSA) is 52.6 Å². The fourth-order valence-corrected chi connectivity index (χ4v) is 2.41. The molecule has 0 unspecified atom stereocenters. The molecular formula is C11H12N2O2. The first kappa shape index (κ1) is 8.73. The zero-order chi connectivity index (χ0) is 10.5. The van der Waals surface area contributed by atoms with Gasteiger partial charge >= 0.3 is 6.03 Å². The summed E-state index contributed by atoms with van der Waals surface area (Å²) in [5.74, 6) is 0. The molecule has 2 saturated heterocycles. The molecule has 0 saturated carbocycles. The molecule has 0 bridgehead atoms. The molecule has 0 radical (unpaired) electrons. The van der Waals surface area contributed by atoms with Crippen molar-refractivity contribution in [3.63, 3.8) is 0 Å². The lowest BCUT2D eigenvalue weighted by Gasteiger charge is -2.49. The molecular weight excluding hydrogens is 192 g/mol. The third kappa shape index (κ3) is 1.02. The average molecular weight is 204 g/mol. The van der Waals surface area contributed by atoms with Gasteiger partial charge in [-0.2, -0.15) is 0 Å². The van der Waals surface area contributed by atoms with Gasteiger partial charge in [-0.1, -0.05) is 30.3 Å². The summed E-state index contributed by atoms with van der Waals surface area (Å²) in [6, 6.07) is 9.36. The number of urea groups is 1. The number of fused-ring (bicyclic) bond motifs is 1. The molecule has 2 aliphatic heterocycles. The molecule has 1 aromatic rings. The zero-order valence-electron chi connectivity index (χ0n) is 8.18. The Labute approximate surface area is 87.5 Å². The van der Waals surface area contributed by atoms with Crippen molar-refractivity contribution in [2.45, 2.75) is 11.6 Å². The molecule has 4 nitrogen and oxygen atoms in total. The molecule has 2 fully saturated rings. The Morgan fingerprint density at radius 1 is 1.40 bits per heavy atom. The van der Waals surface area contributed by atoms with Gasteiger partial charge in [0.25, 0.3) is 0 Å². The maximum Gasteiger partial charge on any atom is 0.318 e. The lowest BCUT2D eigenvalue weighted by molar-refractivity contribution is -0.119. The Bertz CT molecular complexity index is 406. The number of nitrogens with zero attached hydrogens (tertiary/aromatic N) is 1. The Kier molecular flexibility index (Phi) is 1.59. The van der Waals surface area contributed by atoms with Crippen molar-refractivity contribution in [2.24, 2.45) is 0 Å². The monoisotopic (exact) mass is 204 g/mol. The third-order valence-electron chi connectivity index (χ3n) is 3.32. The zero-order valence-corrected chi connectivity index (χ0v) is 8.18. The van der Waals surface area contributed by atoms with Crippen LogP contribution < -0.4 is 5.32 Å². The number of hydrogen-bond acceptors (Lipinski definition) is 2. The van der Waals surface area contributed by atoms with Gasteiger partial charge in [0.15, 0.2) is 0 Å². The number of amides is 2. The highest BCUT2D eigenvalue weighted by molar-refractivity contribution is 5.79. The van der Waals surface area contributed by atoms with E-state index in [4.69, 9.17) is 0 Å². The Morgan fingerprint density at radius 3 is 2.80 bits per heavy atom. The summed E-state index contributed by atoms with van der Waals surface area (Å²) in [7, 11) is 0. The van der Waals surface area contributed by atoms with Gasteiger partial charge in [0.1, 0.15) is 5.60 Å². The molecule has 4 heteroatoms. The number of nitrogens with one attached hydrogen (secondary N) is 1. The van der Waals surface area contributed by atoms with Crippen molar-refractivity contribution in [3.8, 4) is 0 Å². The van der Waals surface area contributed by atoms with Gasteiger partial charge in [-0.05, 0) is 5.56 Å². The number of hydrogen-bond donors (Lipinski definition) is 2. The van der Waals surface area contributed by atoms with Crippen molar-refractivity contribution in [1.29, 1.82) is 0 Å². The van der Waals surface area contributed by atoms with E-state index in [1.807, 2.05) is 30.3 Å². The van der Waals surface area contributed by atoms with Gasteiger partial charge in [-0.25, -0.2) is 4.79 Å². The summed E-state index contributed by atoms with van der Waals surface area (Å²) in [6.07, 6.45) is 0. The first-order chi connectivity index (χ1) is 7.22. The first-order valence-electron chi connectivity index (χ1n) is 5.04. The smallest absolute Gasteiger partial charge is 0.318 e. The molecule has 2 aliphatic rings. The lowest BCUT2D eigenvalue weighted by atomic mass is 9.79. The molecule has 2 atom stereocenters. The summed E-state index contributed by atoms with van der Waals surface area (Å²) in [4.78, 5) is 12.9. The summed E-state index contributed by atoms with van der Waals surface area (Å²) in [5, 5.41) is 13.2. The fourth-order valence-electron chi connectivity index (χ4n) is 2.41. The number of carbonyl (C=O) groups excluding carboxylic acids is 1. The predicted molar refractivity (Wildman–Crippen MR) is 54.2 cm³/mol. The molecule has 3 rings (SSSR count). The molecule has 2 amide bonds. The molecule has 0 aromatic heterocycles. The molecule has 2 N–H and O–H groups in total. The van der Waals surface area contributed by atoms with Crippen LogP contribution in [0.15, 0.2) is 30.3 Å². The Hall–Kier alpha value is -1.55. The molecule has 1 aromatic carbocycles. The highest BCUT2D eigenvalue weighted by atomic mass is 16.3. The SMILES string of the molecule is O=C1NC[C@@H]2N1C[C@]2(O)c1ccccc1. The molecule has 0 spiro atoms. The second-order valence-electron chi connectivity index (χ2n) is 4.12. The lowest BCUT2D eigenvalue weighted by Crippen LogP contribution is -2.66. The highest BCUT2D eigenvalue weighted by Crippen LogP contribution is 2.40. The average Bonchev–Trinajstić information content (AvgIpc) is 2.56. The maximum absolute atomic E-state index is 11.3.